The summed E-state index contributed by atoms with van der Waals surface area (Å²) in [6.07, 6.45) is 5.22. The summed E-state index contributed by atoms with van der Waals surface area (Å²) in [5, 5.41) is 0.248. The van der Waals surface area contributed by atoms with Crippen LogP contribution in [0.2, 0.25) is 0 Å². The van der Waals surface area contributed by atoms with Crippen molar-refractivity contribution >= 4 is 16.9 Å². The number of hydrogen-bond acceptors (Lipinski definition) is 3. The van der Waals surface area contributed by atoms with Crippen LogP contribution < -0.4 is 0 Å². The van der Waals surface area contributed by atoms with Crippen molar-refractivity contribution < 1.29 is 4.79 Å². The molecule has 1 heterocycles. The van der Waals surface area contributed by atoms with Crippen LogP contribution in [0.4, 0.5) is 0 Å². The lowest BCUT2D eigenvalue weighted by Crippen LogP contribution is -2.08. The van der Waals surface area contributed by atoms with Crippen LogP contribution in [0.1, 0.15) is 43.1 Å². The average Bonchev–Trinajstić information content (AvgIpc) is 2.28. The van der Waals surface area contributed by atoms with Gasteiger partial charge in [-0.2, -0.15) is 0 Å². The van der Waals surface area contributed by atoms with E-state index in [9.17, 15) is 4.79 Å². The zero-order chi connectivity index (χ0) is 11.5. The molecule has 2 nitrogen and oxygen atoms in total. The van der Waals surface area contributed by atoms with Crippen LogP contribution in [-0.2, 0) is 17.6 Å². The van der Waals surface area contributed by atoms with E-state index in [-0.39, 0.29) is 5.12 Å². The van der Waals surface area contributed by atoms with Gasteiger partial charge >= 0.3 is 0 Å². The van der Waals surface area contributed by atoms with E-state index in [4.69, 9.17) is 0 Å². The minimum Gasteiger partial charge on any atom is -0.287 e. The van der Waals surface area contributed by atoms with Crippen LogP contribution in [0.25, 0.3) is 0 Å². The van der Waals surface area contributed by atoms with Gasteiger partial charge < -0.3 is 0 Å². The Hall–Kier alpha value is -0.830. The maximum absolute atomic E-state index is 11.5. The molecule has 3 heteroatoms. The number of carbonyl (C=O) groups is 1. The van der Waals surface area contributed by atoms with Gasteiger partial charge in [0.15, 0.2) is 5.12 Å². The predicted molar refractivity (Wildman–Crippen MR) is 66.8 cm³/mol. The fraction of sp³-hybridized carbons (Fsp3) is 0.538. The molecule has 0 unspecified atom stereocenters. The third-order valence-electron chi connectivity index (χ3n) is 2.90. The molecule has 1 aliphatic carbocycles. The molecule has 0 aliphatic heterocycles. The highest BCUT2D eigenvalue weighted by atomic mass is 32.2. The molecule has 0 aromatic carbocycles. The highest BCUT2D eigenvalue weighted by molar-refractivity contribution is 8.13. The van der Waals surface area contributed by atoms with Crippen molar-refractivity contribution in [3.8, 4) is 0 Å². The van der Waals surface area contributed by atoms with Crippen molar-refractivity contribution in [2.75, 3.05) is 0 Å². The number of aromatic nitrogens is 1. The van der Waals surface area contributed by atoms with Crippen molar-refractivity contribution in [1.82, 2.24) is 4.98 Å². The molecule has 0 N–H and O–H groups in total. The maximum atomic E-state index is 11.5. The fourth-order valence-corrected chi connectivity index (χ4v) is 3.05. The Bertz CT molecular complexity index is 415. The molecule has 2 rings (SSSR count). The molecule has 0 saturated heterocycles. The second-order valence-electron chi connectivity index (χ2n) is 4.22. The number of pyridine rings is 1. The predicted octanol–water partition coefficient (Wildman–Crippen LogP) is 3.30. The molecule has 0 radical (unpaired) electrons. The van der Waals surface area contributed by atoms with E-state index in [1.54, 1.807) is 0 Å². The second kappa shape index (κ2) is 5.00. The van der Waals surface area contributed by atoms with Crippen molar-refractivity contribution in [2.45, 2.75) is 50.8 Å². The first-order chi connectivity index (χ1) is 7.70. The van der Waals surface area contributed by atoms with Crippen LogP contribution in [0.3, 0.4) is 0 Å². The summed E-state index contributed by atoms with van der Waals surface area (Å²) in [6.45, 7) is 3.92. The van der Waals surface area contributed by atoms with Crippen LogP contribution in [0, 0.1) is 6.92 Å². The molecular weight excluding hydrogens is 218 g/mol. The highest BCUT2D eigenvalue weighted by Crippen LogP contribution is 2.31. The zero-order valence-electron chi connectivity index (χ0n) is 9.88. The Morgan fingerprint density at radius 1 is 1.44 bits per heavy atom. The van der Waals surface area contributed by atoms with Crippen molar-refractivity contribution in [2.24, 2.45) is 0 Å². The molecule has 0 atom stereocenters. The highest BCUT2D eigenvalue weighted by Gasteiger charge is 2.17. The molecule has 0 saturated carbocycles. The fourth-order valence-electron chi connectivity index (χ4n) is 2.09. The standard InChI is InChI=1S/C13H17NOS/c1-3-13(15)16-12-8-9(2)14-11-7-5-4-6-10(11)12/h8H,3-7H2,1-2H3. The largest absolute Gasteiger partial charge is 0.287 e. The van der Waals surface area contributed by atoms with Crippen molar-refractivity contribution in [3.63, 3.8) is 0 Å². The number of carbonyl (C=O) groups excluding carboxylic acids is 1. The normalized spacial score (nSPS) is 14.6. The van der Waals surface area contributed by atoms with Crippen LogP contribution in [0.5, 0.6) is 0 Å². The van der Waals surface area contributed by atoms with E-state index < -0.39 is 0 Å². The van der Waals surface area contributed by atoms with Gasteiger partial charge in [0.05, 0.1) is 0 Å². The van der Waals surface area contributed by atoms with Gasteiger partial charge in [-0.05, 0) is 44.2 Å². The van der Waals surface area contributed by atoms with Gasteiger partial charge in [-0.25, -0.2) is 0 Å². The summed E-state index contributed by atoms with van der Waals surface area (Å²) in [5.41, 5.74) is 3.58. The smallest absolute Gasteiger partial charge is 0.193 e. The number of nitrogens with zero attached hydrogens (tertiary/aromatic N) is 1. The summed E-state index contributed by atoms with van der Waals surface area (Å²) in [4.78, 5) is 17.3. The molecule has 1 aromatic rings. The van der Waals surface area contributed by atoms with E-state index in [0.29, 0.717) is 6.42 Å². The van der Waals surface area contributed by atoms with E-state index in [1.807, 2.05) is 13.8 Å². The molecule has 16 heavy (non-hydrogen) atoms. The van der Waals surface area contributed by atoms with Gasteiger partial charge in [0.25, 0.3) is 0 Å². The summed E-state index contributed by atoms with van der Waals surface area (Å²) in [5.74, 6) is 0. The van der Waals surface area contributed by atoms with E-state index in [0.717, 1.165) is 23.4 Å². The minimum absolute atomic E-state index is 0.248. The summed E-state index contributed by atoms with van der Waals surface area (Å²) >= 11 is 1.39. The van der Waals surface area contributed by atoms with Gasteiger partial charge in [0.2, 0.25) is 0 Å². The van der Waals surface area contributed by atoms with Crippen LogP contribution in [0.15, 0.2) is 11.0 Å². The minimum atomic E-state index is 0.248. The van der Waals surface area contributed by atoms with Crippen molar-refractivity contribution in [1.29, 1.82) is 0 Å². The first kappa shape index (κ1) is 11.6. The maximum Gasteiger partial charge on any atom is 0.193 e. The third-order valence-corrected chi connectivity index (χ3v) is 4.00. The molecule has 1 aliphatic rings. The molecule has 1 aromatic heterocycles. The lowest BCUT2D eigenvalue weighted by atomic mass is 9.96. The average molecular weight is 235 g/mol. The SMILES string of the molecule is CCC(=O)Sc1cc(C)nc2c1CCCC2. The molecule has 0 bridgehead atoms. The van der Waals surface area contributed by atoms with E-state index in [1.165, 1.54) is 35.9 Å². The molecule has 0 spiro atoms. The Morgan fingerprint density at radius 3 is 2.94 bits per heavy atom. The molecular formula is C13H17NOS. The Morgan fingerprint density at radius 2 is 2.19 bits per heavy atom. The lowest BCUT2D eigenvalue weighted by molar-refractivity contribution is -0.110. The van der Waals surface area contributed by atoms with Gasteiger partial charge in [0.1, 0.15) is 0 Å². The Balaban J connectivity index is 2.35. The first-order valence-corrected chi connectivity index (χ1v) is 6.72. The van der Waals surface area contributed by atoms with E-state index in [2.05, 4.69) is 11.1 Å². The molecule has 86 valence electrons. The topological polar surface area (TPSA) is 30.0 Å². The number of rotatable bonds is 2. The van der Waals surface area contributed by atoms with Gasteiger partial charge in [-0.15, -0.1) is 0 Å². The number of thioether (sulfide) groups is 1. The first-order valence-electron chi connectivity index (χ1n) is 5.90. The summed E-state index contributed by atoms with van der Waals surface area (Å²) < 4.78 is 0. The van der Waals surface area contributed by atoms with Crippen molar-refractivity contribution in [3.05, 3.63) is 23.0 Å². The Kier molecular flexibility index (Phi) is 3.64. The lowest BCUT2D eigenvalue weighted by Gasteiger charge is -2.18. The number of aryl methyl sites for hydroxylation is 2. The van der Waals surface area contributed by atoms with Crippen LogP contribution >= 0.6 is 11.8 Å². The monoisotopic (exact) mass is 235 g/mol. The quantitative estimate of drug-likeness (QED) is 0.737. The van der Waals surface area contributed by atoms with Gasteiger partial charge in [0, 0.05) is 22.7 Å². The van der Waals surface area contributed by atoms with Gasteiger partial charge in [-0.1, -0.05) is 18.7 Å². The summed E-state index contributed by atoms with van der Waals surface area (Å²) in [6, 6.07) is 2.06. The summed E-state index contributed by atoms with van der Waals surface area (Å²) in [7, 11) is 0. The number of fused-ring (bicyclic) bond motifs is 1. The molecule has 0 fully saturated rings. The second-order valence-corrected chi connectivity index (χ2v) is 5.32. The Labute approximate surface area is 101 Å². The van der Waals surface area contributed by atoms with Crippen LogP contribution in [-0.4, -0.2) is 10.1 Å². The zero-order valence-corrected chi connectivity index (χ0v) is 10.7. The molecule has 0 amide bonds. The third kappa shape index (κ3) is 2.46. The number of hydrogen-bond donors (Lipinski definition) is 0. The van der Waals surface area contributed by atoms with Gasteiger partial charge in [-0.3, -0.25) is 9.78 Å². The van der Waals surface area contributed by atoms with E-state index >= 15 is 0 Å².